The van der Waals surface area contributed by atoms with Crippen LogP contribution in [0.15, 0.2) is 47.4 Å². The standard InChI is InChI=1S/C24H26N4OS/c1-15(2)24(8-10-25-11-9-24)18-5-7-22-27-20(13-23(29)28(22)14-18)17-4-6-19-21(12-17)30-16(3)26-19/h4-7,12-15,25H,8-11H2,1-3H3. The Kier molecular flexibility index (Phi) is 4.71. The summed E-state index contributed by atoms with van der Waals surface area (Å²) < 4.78 is 2.83. The summed E-state index contributed by atoms with van der Waals surface area (Å²) in [4.78, 5) is 22.4. The Labute approximate surface area is 179 Å². The van der Waals surface area contributed by atoms with E-state index in [9.17, 15) is 4.79 Å². The largest absolute Gasteiger partial charge is 0.317 e. The number of piperidine rings is 1. The monoisotopic (exact) mass is 418 g/mol. The third kappa shape index (κ3) is 3.15. The van der Waals surface area contributed by atoms with Crippen LogP contribution in [0.25, 0.3) is 27.1 Å². The van der Waals surface area contributed by atoms with Crippen molar-refractivity contribution in [3.8, 4) is 11.3 Å². The van der Waals surface area contributed by atoms with Crippen LogP contribution in [-0.2, 0) is 5.41 Å². The van der Waals surface area contributed by atoms with Gasteiger partial charge < -0.3 is 5.32 Å². The minimum atomic E-state index is -0.0368. The molecular formula is C24H26N4OS. The molecule has 3 aromatic heterocycles. The van der Waals surface area contributed by atoms with Crippen molar-refractivity contribution in [2.75, 3.05) is 13.1 Å². The number of benzene rings is 1. The second-order valence-electron chi connectivity index (χ2n) is 8.60. The molecule has 0 aliphatic carbocycles. The van der Waals surface area contributed by atoms with Gasteiger partial charge in [0.2, 0.25) is 0 Å². The van der Waals surface area contributed by atoms with Gasteiger partial charge in [0.25, 0.3) is 5.56 Å². The molecule has 5 nitrogen and oxygen atoms in total. The summed E-state index contributed by atoms with van der Waals surface area (Å²) in [6, 6.07) is 11.9. The zero-order valence-corrected chi connectivity index (χ0v) is 18.4. The summed E-state index contributed by atoms with van der Waals surface area (Å²) in [5.74, 6) is 0.509. The van der Waals surface area contributed by atoms with Crippen LogP contribution in [0.3, 0.4) is 0 Å². The normalized spacial score (nSPS) is 16.5. The van der Waals surface area contributed by atoms with Crippen LogP contribution < -0.4 is 10.9 Å². The third-order valence-electron chi connectivity index (χ3n) is 6.63. The van der Waals surface area contributed by atoms with Crippen LogP contribution in [0.1, 0.15) is 37.3 Å². The Morgan fingerprint density at radius 2 is 1.90 bits per heavy atom. The van der Waals surface area contributed by atoms with E-state index in [1.54, 1.807) is 21.8 Å². The predicted octanol–water partition coefficient (Wildman–Crippen LogP) is 4.56. The van der Waals surface area contributed by atoms with Gasteiger partial charge in [0.05, 0.1) is 20.9 Å². The molecule has 1 fully saturated rings. The maximum atomic E-state index is 13.1. The summed E-state index contributed by atoms with van der Waals surface area (Å²) in [5.41, 5.74) is 4.65. The Morgan fingerprint density at radius 1 is 1.10 bits per heavy atom. The third-order valence-corrected chi connectivity index (χ3v) is 7.56. The molecule has 0 radical (unpaired) electrons. The van der Waals surface area contributed by atoms with Crippen molar-refractivity contribution in [2.24, 2.45) is 5.92 Å². The summed E-state index contributed by atoms with van der Waals surface area (Å²) >= 11 is 1.66. The van der Waals surface area contributed by atoms with Gasteiger partial charge in [-0.25, -0.2) is 9.97 Å². The van der Waals surface area contributed by atoms with E-state index in [1.807, 2.05) is 31.3 Å². The first-order chi connectivity index (χ1) is 14.5. The van der Waals surface area contributed by atoms with Gasteiger partial charge in [-0.15, -0.1) is 11.3 Å². The van der Waals surface area contributed by atoms with Crippen molar-refractivity contribution in [3.05, 3.63) is 63.5 Å². The number of nitrogens with one attached hydrogen (secondary N) is 1. The molecule has 0 unspecified atom stereocenters. The SMILES string of the molecule is Cc1nc2ccc(-c3cc(=O)n4cc(C5(C(C)C)CCNCC5)ccc4n3)cc2s1. The number of fused-ring (bicyclic) bond motifs is 2. The molecule has 0 atom stereocenters. The van der Waals surface area contributed by atoms with E-state index in [4.69, 9.17) is 4.98 Å². The molecule has 0 bridgehead atoms. The average molecular weight is 419 g/mol. The van der Waals surface area contributed by atoms with Crippen molar-refractivity contribution in [1.29, 1.82) is 0 Å². The van der Waals surface area contributed by atoms with Gasteiger partial charge in [0.1, 0.15) is 5.65 Å². The highest BCUT2D eigenvalue weighted by Gasteiger charge is 2.37. The van der Waals surface area contributed by atoms with E-state index in [-0.39, 0.29) is 11.0 Å². The fourth-order valence-corrected chi connectivity index (χ4v) is 5.68. The highest BCUT2D eigenvalue weighted by atomic mass is 32.1. The Morgan fingerprint density at radius 3 is 2.67 bits per heavy atom. The van der Waals surface area contributed by atoms with Crippen LogP contribution >= 0.6 is 11.3 Å². The van der Waals surface area contributed by atoms with Gasteiger partial charge >= 0.3 is 0 Å². The van der Waals surface area contributed by atoms with Crippen molar-refractivity contribution in [3.63, 3.8) is 0 Å². The molecule has 1 saturated heterocycles. The highest BCUT2D eigenvalue weighted by Crippen LogP contribution is 2.40. The number of hydrogen-bond acceptors (Lipinski definition) is 5. The lowest BCUT2D eigenvalue weighted by Gasteiger charge is -2.41. The molecule has 4 heterocycles. The first-order valence-corrected chi connectivity index (χ1v) is 11.4. The quantitative estimate of drug-likeness (QED) is 0.530. The van der Waals surface area contributed by atoms with Crippen molar-refractivity contribution < 1.29 is 0 Å². The number of nitrogens with zero attached hydrogens (tertiary/aromatic N) is 3. The molecule has 4 aromatic rings. The zero-order valence-electron chi connectivity index (χ0n) is 17.6. The molecule has 1 aliphatic heterocycles. The fourth-order valence-electron chi connectivity index (χ4n) is 4.82. The van der Waals surface area contributed by atoms with Crippen LogP contribution in [0.4, 0.5) is 0 Å². The molecule has 0 saturated carbocycles. The van der Waals surface area contributed by atoms with Gasteiger partial charge in [0.15, 0.2) is 0 Å². The Balaban J connectivity index is 1.61. The highest BCUT2D eigenvalue weighted by molar-refractivity contribution is 7.18. The van der Waals surface area contributed by atoms with E-state index in [2.05, 4.69) is 36.3 Å². The number of aromatic nitrogens is 3. The van der Waals surface area contributed by atoms with Crippen molar-refractivity contribution in [1.82, 2.24) is 19.7 Å². The van der Waals surface area contributed by atoms with Crippen LogP contribution in [-0.4, -0.2) is 27.5 Å². The van der Waals surface area contributed by atoms with Crippen molar-refractivity contribution in [2.45, 2.75) is 39.0 Å². The smallest absolute Gasteiger partial charge is 0.258 e. The molecule has 1 N–H and O–H groups in total. The van der Waals surface area contributed by atoms with E-state index >= 15 is 0 Å². The van der Waals surface area contributed by atoms with Gasteiger partial charge in [-0.2, -0.15) is 0 Å². The lowest BCUT2D eigenvalue weighted by Crippen LogP contribution is -2.43. The zero-order chi connectivity index (χ0) is 20.9. The first-order valence-electron chi connectivity index (χ1n) is 10.6. The minimum absolute atomic E-state index is 0.0368. The van der Waals surface area contributed by atoms with Gasteiger partial charge in [-0.05, 0) is 62.5 Å². The molecule has 154 valence electrons. The van der Waals surface area contributed by atoms with Gasteiger partial charge in [-0.1, -0.05) is 26.0 Å². The van der Waals surface area contributed by atoms with E-state index in [0.29, 0.717) is 17.3 Å². The predicted molar refractivity (Wildman–Crippen MR) is 123 cm³/mol. The number of pyridine rings is 1. The number of thiazole rings is 1. The summed E-state index contributed by atoms with van der Waals surface area (Å²) in [5, 5.41) is 4.51. The summed E-state index contributed by atoms with van der Waals surface area (Å²) in [6.07, 6.45) is 4.20. The summed E-state index contributed by atoms with van der Waals surface area (Å²) in [7, 11) is 0. The molecule has 0 spiro atoms. The Hall–Kier alpha value is -2.57. The van der Waals surface area contributed by atoms with Crippen LogP contribution in [0.2, 0.25) is 0 Å². The molecule has 30 heavy (non-hydrogen) atoms. The lowest BCUT2D eigenvalue weighted by atomic mass is 9.66. The van der Waals surface area contributed by atoms with Crippen LogP contribution in [0.5, 0.6) is 0 Å². The van der Waals surface area contributed by atoms with Crippen molar-refractivity contribution >= 4 is 27.2 Å². The second-order valence-corrected chi connectivity index (χ2v) is 9.84. The molecule has 0 amide bonds. The van der Waals surface area contributed by atoms with Gasteiger partial charge in [0, 0.05) is 23.2 Å². The number of aryl methyl sites for hydroxylation is 1. The summed E-state index contributed by atoms with van der Waals surface area (Å²) in [6.45, 7) is 8.62. The van der Waals surface area contributed by atoms with Gasteiger partial charge in [-0.3, -0.25) is 9.20 Å². The second kappa shape index (κ2) is 7.29. The van der Waals surface area contributed by atoms with E-state index in [0.717, 1.165) is 46.7 Å². The number of rotatable bonds is 3. The fraction of sp³-hybridized carbons (Fsp3) is 0.375. The average Bonchev–Trinajstić information content (AvgIpc) is 3.13. The molecule has 6 heteroatoms. The molecule has 5 rings (SSSR count). The maximum absolute atomic E-state index is 13.1. The Bertz CT molecular complexity index is 1300. The lowest BCUT2D eigenvalue weighted by molar-refractivity contribution is 0.227. The molecule has 1 aromatic carbocycles. The topological polar surface area (TPSA) is 59.3 Å². The van der Waals surface area contributed by atoms with E-state index in [1.165, 1.54) is 5.56 Å². The minimum Gasteiger partial charge on any atom is -0.317 e. The maximum Gasteiger partial charge on any atom is 0.258 e. The molecule has 1 aliphatic rings. The van der Waals surface area contributed by atoms with E-state index < -0.39 is 0 Å². The first kappa shape index (κ1) is 19.4. The molecular weight excluding hydrogens is 392 g/mol. The van der Waals surface area contributed by atoms with Crippen LogP contribution in [0, 0.1) is 12.8 Å². The number of hydrogen-bond donors (Lipinski definition) is 1.